The number of ketones is 1. The molecule has 0 fully saturated rings. The average Bonchev–Trinajstić information content (AvgIpc) is 2.54. The van der Waals surface area contributed by atoms with Crippen LogP contribution in [0.25, 0.3) is 0 Å². The van der Waals surface area contributed by atoms with Crippen LogP contribution >= 0.6 is 27.7 Å². The van der Waals surface area contributed by atoms with Gasteiger partial charge in [0.2, 0.25) is 5.82 Å². The van der Waals surface area contributed by atoms with Crippen molar-refractivity contribution in [2.24, 2.45) is 0 Å². The van der Waals surface area contributed by atoms with Crippen LogP contribution in [0.3, 0.4) is 0 Å². The third kappa shape index (κ3) is 3.92. The fraction of sp³-hybridized carbons (Fsp3) is 0.133. The van der Waals surface area contributed by atoms with Crippen LogP contribution in [0.4, 0.5) is 22.0 Å². The third-order valence-electron chi connectivity index (χ3n) is 2.91. The Morgan fingerprint density at radius 1 is 0.870 bits per heavy atom. The molecule has 0 heterocycles. The first-order valence-electron chi connectivity index (χ1n) is 6.26. The summed E-state index contributed by atoms with van der Waals surface area (Å²) in [6.45, 7) is 0. The number of thioether (sulfide) groups is 1. The zero-order chi connectivity index (χ0) is 17.1. The number of benzene rings is 2. The number of carbonyl (C=O) groups excluding carboxylic acids is 1. The van der Waals surface area contributed by atoms with Crippen molar-refractivity contribution in [2.45, 2.75) is 11.3 Å². The number of Topliss-reactive ketones (excluding diaryl/α,β-unsaturated/α-hetero) is 1. The molecule has 122 valence electrons. The van der Waals surface area contributed by atoms with E-state index in [1.54, 1.807) is 24.3 Å². The van der Waals surface area contributed by atoms with Crippen molar-refractivity contribution in [2.75, 3.05) is 5.75 Å². The summed E-state index contributed by atoms with van der Waals surface area (Å²) in [6, 6.07) is 6.44. The molecule has 1 nitrogen and oxygen atoms in total. The van der Waals surface area contributed by atoms with Crippen molar-refractivity contribution in [3.05, 3.63) is 63.4 Å². The van der Waals surface area contributed by atoms with Crippen LogP contribution in [0, 0.1) is 29.1 Å². The van der Waals surface area contributed by atoms with E-state index in [9.17, 15) is 26.7 Å². The Balaban J connectivity index is 2.07. The Labute approximate surface area is 141 Å². The first-order valence-corrected chi connectivity index (χ1v) is 8.03. The maximum atomic E-state index is 13.5. The average molecular weight is 411 g/mol. The van der Waals surface area contributed by atoms with Gasteiger partial charge >= 0.3 is 0 Å². The van der Waals surface area contributed by atoms with E-state index in [0.29, 0.717) is 17.3 Å². The summed E-state index contributed by atoms with van der Waals surface area (Å²) in [4.78, 5) is 10.9. The van der Waals surface area contributed by atoms with Crippen LogP contribution in [-0.4, -0.2) is 11.5 Å². The lowest BCUT2D eigenvalue weighted by molar-refractivity contribution is 0.0989. The molecule has 23 heavy (non-hydrogen) atoms. The highest BCUT2D eigenvalue weighted by Crippen LogP contribution is 2.31. The molecule has 0 aliphatic rings. The van der Waals surface area contributed by atoms with Crippen LogP contribution in [-0.2, 0) is 0 Å². The van der Waals surface area contributed by atoms with Crippen molar-refractivity contribution >= 4 is 33.5 Å². The summed E-state index contributed by atoms with van der Waals surface area (Å²) in [5, 5.41) is 0. The molecule has 2 aromatic carbocycles. The van der Waals surface area contributed by atoms with Crippen LogP contribution in [0.2, 0.25) is 0 Å². The number of carbonyl (C=O) groups is 1. The summed E-state index contributed by atoms with van der Waals surface area (Å²) < 4.78 is 66.7. The minimum absolute atomic E-state index is 0.105. The lowest BCUT2D eigenvalue weighted by atomic mass is 10.1. The molecule has 8 heteroatoms. The zero-order valence-corrected chi connectivity index (χ0v) is 13.7. The molecule has 0 aliphatic heterocycles. The Bertz CT molecular complexity index is 720. The van der Waals surface area contributed by atoms with Crippen molar-refractivity contribution in [3.63, 3.8) is 0 Å². The molecule has 2 rings (SSSR count). The van der Waals surface area contributed by atoms with Gasteiger partial charge in [-0.25, -0.2) is 22.0 Å². The van der Waals surface area contributed by atoms with Crippen molar-refractivity contribution in [1.29, 1.82) is 0 Å². The maximum absolute atomic E-state index is 13.5. The van der Waals surface area contributed by atoms with Crippen molar-refractivity contribution < 1.29 is 26.7 Å². The second-order valence-electron chi connectivity index (χ2n) is 4.43. The standard InChI is InChI=1S/C15H8BrF5OS/c16-8-3-1-7(2-4-8)9(22)5-6-23-15-13(20)11(18)10(17)12(19)14(15)21/h1-4H,5-6H2. The Hall–Kier alpha value is -1.41. The van der Waals surface area contributed by atoms with Gasteiger partial charge in [0.25, 0.3) is 0 Å². The van der Waals surface area contributed by atoms with Gasteiger partial charge in [-0.3, -0.25) is 4.79 Å². The number of hydrogen-bond donors (Lipinski definition) is 0. The largest absolute Gasteiger partial charge is 0.294 e. The highest BCUT2D eigenvalue weighted by atomic mass is 79.9. The Morgan fingerprint density at radius 2 is 1.35 bits per heavy atom. The summed E-state index contributed by atoms with van der Waals surface area (Å²) in [5.74, 6) is -10.4. The minimum atomic E-state index is -2.20. The number of halogens is 6. The lowest BCUT2D eigenvalue weighted by Crippen LogP contribution is -2.05. The molecule has 0 aliphatic carbocycles. The van der Waals surface area contributed by atoms with Crippen LogP contribution in [0.15, 0.2) is 33.6 Å². The van der Waals surface area contributed by atoms with Gasteiger partial charge in [0, 0.05) is 22.2 Å². The first-order chi connectivity index (χ1) is 10.8. The van der Waals surface area contributed by atoms with E-state index in [-0.39, 0.29) is 18.0 Å². The van der Waals surface area contributed by atoms with E-state index in [1.165, 1.54) is 0 Å². The predicted octanol–water partition coefficient (Wildman–Crippen LogP) is 5.51. The van der Waals surface area contributed by atoms with Gasteiger partial charge in [-0.05, 0) is 12.1 Å². The molecule has 2 aromatic rings. The van der Waals surface area contributed by atoms with Crippen molar-refractivity contribution in [3.8, 4) is 0 Å². The third-order valence-corrected chi connectivity index (χ3v) is 4.50. The summed E-state index contributed by atoms with van der Waals surface area (Å²) >= 11 is 3.62. The lowest BCUT2D eigenvalue weighted by Gasteiger charge is -2.07. The normalized spacial score (nSPS) is 10.9. The molecular formula is C15H8BrF5OS. The van der Waals surface area contributed by atoms with Gasteiger partial charge in [-0.2, -0.15) is 0 Å². The van der Waals surface area contributed by atoms with Crippen LogP contribution in [0.1, 0.15) is 16.8 Å². The van der Waals surface area contributed by atoms with Crippen LogP contribution in [0.5, 0.6) is 0 Å². The smallest absolute Gasteiger partial charge is 0.200 e. The van der Waals surface area contributed by atoms with Gasteiger partial charge in [-0.15, -0.1) is 11.8 Å². The molecule has 0 spiro atoms. The fourth-order valence-corrected chi connectivity index (χ4v) is 2.93. The second kappa shape index (κ2) is 7.44. The van der Waals surface area contributed by atoms with E-state index >= 15 is 0 Å². The SMILES string of the molecule is O=C(CCSc1c(F)c(F)c(F)c(F)c1F)c1ccc(Br)cc1. The molecule has 0 radical (unpaired) electrons. The number of rotatable bonds is 5. The molecule has 0 saturated heterocycles. The summed E-state index contributed by atoms with van der Waals surface area (Å²) in [6.07, 6.45) is -0.105. The molecule has 0 N–H and O–H groups in total. The fourth-order valence-electron chi connectivity index (χ4n) is 1.74. The van der Waals surface area contributed by atoms with E-state index in [2.05, 4.69) is 15.9 Å². The van der Waals surface area contributed by atoms with Gasteiger partial charge in [0.1, 0.15) is 0 Å². The molecule has 0 atom stereocenters. The zero-order valence-electron chi connectivity index (χ0n) is 11.3. The molecule has 0 unspecified atom stereocenters. The highest BCUT2D eigenvalue weighted by molar-refractivity contribution is 9.10. The first kappa shape index (κ1) is 17.9. The molecule has 0 saturated carbocycles. The number of hydrogen-bond acceptors (Lipinski definition) is 2. The predicted molar refractivity (Wildman–Crippen MR) is 80.0 cm³/mol. The van der Waals surface area contributed by atoms with Gasteiger partial charge in [0.15, 0.2) is 29.1 Å². The van der Waals surface area contributed by atoms with Gasteiger partial charge in [0.05, 0.1) is 4.90 Å². The Morgan fingerprint density at radius 3 is 1.87 bits per heavy atom. The quantitative estimate of drug-likeness (QED) is 0.212. The van der Waals surface area contributed by atoms with Gasteiger partial charge in [-0.1, -0.05) is 28.1 Å². The van der Waals surface area contributed by atoms with Crippen LogP contribution < -0.4 is 0 Å². The summed E-state index contributed by atoms with van der Waals surface area (Å²) in [7, 11) is 0. The van der Waals surface area contributed by atoms with Crippen molar-refractivity contribution in [1.82, 2.24) is 0 Å². The highest BCUT2D eigenvalue weighted by Gasteiger charge is 2.25. The van der Waals surface area contributed by atoms with E-state index < -0.39 is 34.0 Å². The molecule has 0 bridgehead atoms. The summed E-state index contributed by atoms with van der Waals surface area (Å²) in [5.41, 5.74) is 0.395. The minimum Gasteiger partial charge on any atom is -0.294 e. The topological polar surface area (TPSA) is 17.1 Å². The van der Waals surface area contributed by atoms with E-state index in [0.717, 1.165) is 4.47 Å². The van der Waals surface area contributed by atoms with E-state index in [1.807, 2.05) is 0 Å². The van der Waals surface area contributed by atoms with Gasteiger partial charge < -0.3 is 0 Å². The molecule has 0 amide bonds. The van der Waals surface area contributed by atoms with E-state index in [4.69, 9.17) is 0 Å². The molecular weight excluding hydrogens is 403 g/mol. The molecule has 0 aromatic heterocycles. The Kier molecular flexibility index (Phi) is 5.80. The second-order valence-corrected chi connectivity index (χ2v) is 6.45. The maximum Gasteiger partial charge on any atom is 0.200 e. The monoisotopic (exact) mass is 410 g/mol.